The fourth-order valence-electron chi connectivity index (χ4n) is 1.84. The van der Waals surface area contributed by atoms with Crippen molar-refractivity contribution in [1.82, 2.24) is 0 Å². The van der Waals surface area contributed by atoms with E-state index >= 15 is 0 Å². The number of hydrogen-bond acceptors (Lipinski definition) is 2. The first kappa shape index (κ1) is 14.0. The molecule has 4 heteroatoms. The zero-order valence-electron chi connectivity index (χ0n) is 11.0. The smallest absolute Gasteiger partial charge is 0.263 e. The van der Waals surface area contributed by atoms with Gasteiger partial charge in [-0.1, -0.05) is 42.0 Å². The highest BCUT2D eigenvalue weighted by Gasteiger charge is 2.12. The number of nitrogens with one attached hydrogen (secondary N) is 1. The molecule has 0 saturated heterocycles. The van der Waals surface area contributed by atoms with Crippen LogP contribution in [-0.4, -0.2) is 0 Å². The van der Waals surface area contributed by atoms with Gasteiger partial charge >= 0.3 is 0 Å². The lowest BCUT2D eigenvalue weighted by Crippen LogP contribution is -2.08. The van der Waals surface area contributed by atoms with Crippen molar-refractivity contribution < 1.29 is 8.78 Å². The molecule has 0 spiro atoms. The minimum absolute atomic E-state index is 0.0409. The largest absolute Gasteiger partial charge is 0.366 e. The Morgan fingerprint density at radius 1 is 0.950 bits per heavy atom. The fourth-order valence-corrected chi connectivity index (χ4v) is 1.84. The summed E-state index contributed by atoms with van der Waals surface area (Å²) in [4.78, 5) is 0. The average Bonchev–Trinajstić information content (AvgIpc) is 2.47. The van der Waals surface area contributed by atoms with Crippen LogP contribution in [0.3, 0.4) is 0 Å². The minimum Gasteiger partial charge on any atom is -0.366 e. The number of nitriles is 1. The monoisotopic (exact) mass is 272 g/mol. The first-order valence-electron chi connectivity index (χ1n) is 6.21. The van der Waals surface area contributed by atoms with E-state index in [0.717, 1.165) is 11.3 Å². The van der Waals surface area contributed by atoms with E-state index in [1.54, 1.807) is 12.1 Å². The van der Waals surface area contributed by atoms with Crippen LogP contribution in [0.5, 0.6) is 0 Å². The van der Waals surface area contributed by atoms with Gasteiger partial charge in [-0.05, 0) is 24.6 Å². The molecule has 0 radical (unpaired) electrons. The Bertz CT molecular complexity index is 598. The van der Waals surface area contributed by atoms with Crippen molar-refractivity contribution in [1.29, 1.82) is 5.26 Å². The molecule has 2 rings (SSSR count). The van der Waals surface area contributed by atoms with Gasteiger partial charge in [0, 0.05) is 11.3 Å². The Balaban J connectivity index is 2.16. The lowest BCUT2D eigenvalue weighted by molar-refractivity contribution is 0.151. The van der Waals surface area contributed by atoms with E-state index in [1.165, 1.54) is 12.1 Å². The molecule has 1 unspecified atom stereocenters. The van der Waals surface area contributed by atoms with E-state index in [0.29, 0.717) is 5.56 Å². The van der Waals surface area contributed by atoms with E-state index < -0.39 is 12.5 Å². The summed E-state index contributed by atoms with van der Waals surface area (Å²) in [5.74, 6) is 0. The van der Waals surface area contributed by atoms with E-state index in [4.69, 9.17) is 0 Å². The number of nitrogens with zero attached hydrogens (tertiary/aromatic N) is 1. The molecular weight excluding hydrogens is 258 g/mol. The average molecular weight is 272 g/mol. The highest BCUT2D eigenvalue weighted by atomic mass is 19.3. The van der Waals surface area contributed by atoms with E-state index in [-0.39, 0.29) is 5.56 Å². The van der Waals surface area contributed by atoms with Crippen molar-refractivity contribution in [3.63, 3.8) is 0 Å². The highest BCUT2D eigenvalue weighted by molar-refractivity contribution is 5.48. The summed E-state index contributed by atoms with van der Waals surface area (Å²) >= 11 is 0. The Labute approximate surface area is 116 Å². The zero-order chi connectivity index (χ0) is 14.5. The molecule has 102 valence electrons. The molecule has 0 aromatic heterocycles. The maximum atomic E-state index is 12.5. The minimum atomic E-state index is -2.49. The first-order chi connectivity index (χ1) is 9.60. The summed E-state index contributed by atoms with van der Waals surface area (Å²) < 4.78 is 25.0. The lowest BCUT2D eigenvalue weighted by Gasteiger charge is -2.14. The van der Waals surface area contributed by atoms with Gasteiger partial charge < -0.3 is 5.32 Å². The van der Waals surface area contributed by atoms with Crippen LogP contribution in [0.2, 0.25) is 0 Å². The molecule has 0 heterocycles. The molecule has 0 fully saturated rings. The van der Waals surface area contributed by atoms with Gasteiger partial charge in [-0.2, -0.15) is 5.26 Å². The van der Waals surface area contributed by atoms with Gasteiger partial charge in [-0.3, -0.25) is 0 Å². The molecule has 0 aliphatic heterocycles. The molecule has 0 aliphatic carbocycles. The lowest BCUT2D eigenvalue weighted by atomic mass is 10.1. The predicted molar refractivity (Wildman–Crippen MR) is 74.6 cm³/mol. The molecule has 0 amide bonds. The Hall–Kier alpha value is -2.41. The number of halogens is 2. The highest BCUT2D eigenvalue weighted by Crippen LogP contribution is 2.23. The summed E-state index contributed by atoms with van der Waals surface area (Å²) in [5.41, 5.74) is 2.57. The van der Waals surface area contributed by atoms with Crippen molar-refractivity contribution in [2.24, 2.45) is 0 Å². The van der Waals surface area contributed by atoms with Gasteiger partial charge in [0.2, 0.25) is 0 Å². The van der Waals surface area contributed by atoms with Crippen LogP contribution in [0.1, 0.15) is 29.2 Å². The van der Waals surface area contributed by atoms with Gasteiger partial charge in [0.1, 0.15) is 6.04 Å². The fraction of sp³-hybridized carbons (Fsp3) is 0.188. The van der Waals surface area contributed by atoms with Crippen molar-refractivity contribution in [2.75, 3.05) is 5.32 Å². The molecule has 0 bridgehead atoms. The van der Waals surface area contributed by atoms with Crippen LogP contribution >= 0.6 is 0 Å². The Kier molecular flexibility index (Phi) is 4.31. The summed E-state index contributed by atoms with van der Waals surface area (Å²) in [7, 11) is 0. The van der Waals surface area contributed by atoms with Gasteiger partial charge in [-0.25, -0.2) is 8.78 Å². The van der Waals surface area contributed by atoms with Crippen LogP contribution in [0.25, 0.3) is 0 Å². The third-order valence-corrected chi connectivity index (χ3v) is 3.01. The van der Waals surface area contributed by atoms with Gasteiger partial charge in [0.25, 0.3) is 6.43 Å². The number of benzene rings is 2. The normalized spacial score (nSPS) is 11.9. The van der Waals surface area contributed by atoms with Crippen molar-refractivity contribution >= 4 is 5.69 Å². The van der Waals surface area contributed by atoms with E-state index in [1.807, 2.05) is 31.2 Å². The Morgan fingerprint density at radius 3 is 2.00 bits per heavy atom. The number of hydrogen-bond donors (Lipinski definition) is 1. The quantitative estimate of drug-likeness (QED) is 0.882. The van der Waals surface area contributed by atoms with E-state index in [9.17, 15) is 14.0 Å². The molecule has 1 N–H and O–H groups in total. The Morgan fingerprint density at radius 2 is 1.50 bits per heavy atom. The molecule has 20 heavy (non-hydrogen) atoms. The second-order valence-corrected chi connectivity index (χ2v) is 4.54. The second kappa shape index (κ2) is 6.16. The summed E-state index contributed by atoms with van der Waals surface area (Å²) in [6.45, 7) is 1.98. The van der Waals surface area contributed by atoms with Crippen LogP contribution in [0.4, 0.5) is 14.5 Å². The van der Waals surface area contributed by atoms with Gasteiger partial charge in [0.15, 0.2) is 0 Å². The third-order valence-electron chi connectivity index (χ3n) is 3.01. The molecule has 1 atom stereocenters. The summed E-state index contributed by atoms with van der Waals surface area (Å²) in [6.07, 6.45) is -2.49. The number of alkyl halides is 2. The number of anilines is 1. The van der Waals surface area contributed by atoms with Crippen LogP contribution in [0, 0.1) is 18.3 Å². The zero-order valence-corrected chi connectivity index (χ0v) is 11.0. The topological polar surface area (TPSA) is 35.8 Å². The standard InChI is InChI=1S/C16H14F2N2/c1-11-2-8-14(9-3-11)20-15(10-19)12-4-6-13(7-5-12)16(17)18/h2-9,15-16,20H,1H3. The van der Waals surface area contributed by atoms with Gasteiger partial charge in [-0.15, -0.1) is 0 Å². The maximum Gasteiger partial charge on any atom is 0.263 e. The SMILES string of the molecule is Cc1ccc(NC(C#N)c2ccc(C(F)F)cc2)cc1. The summed E-state index contributed by atoms with van der Waals surface area (Å²) in [6, 6.07) is 15.0. The van der Waals surface area contributed by atoms with Crippen molar-refractivity contribution in [3.8, 4) is 6.07 Å². The maximum absolute atomic E-state index is 12.5. The van der Waals surface area contributed by atoms with E-state index in [2.05, 4.69) is 11.4 Å². The van der Waals surface area contributed by atoms with Crippen LogP contribution in [0.15, 0.2) is 48.5 Å². The van der Waals surface area contributed by atoms with Crippen LogP contribution in [-0.2, 0) is 0 Å². The first-order valence-corrected chi connectivity index (χ1v) is 6.21. The number of aryl methyl sites for hydroxylation is 1. The van der Waals surface area contributed by atoms with Crippen molar-refractivity contribution in [3.05, 3.63) is 65.2 Å². The molecule has 0 saturated carbocycles. The molecule has 2 aromatic rings. The van der Waals surface area contributed by atoms with Gasteiger partial charge in [0.05, 0.1) is 6.07 Å². The molecule has 0 aliphatic rings. The van der Waals surface area contributed by atoms with Crippen LogP contribution < -0.4 is 5.32 Å². The molecule has 2 nitrogen and oxygen atoms in total. The molecule has 2 aromatic carbocycles. The second-order valence-electron chi connectivity index (χ2n) is 4.54. The number of rotatable bonds is 4. The van der Waals surface area contributed by atoms with Crippen molar-refractivity contribution in [2.45, 2.75) is 19.4 Å². The summed E-state index contributed by atoms with van der Waals surface area (Å²) in [5, 5.41) is 12.3. The predicted octanol–water partition coefficient (Wildman–Crippen LogP) is 4.61. The molecular formula is C16H14F2N2. The third kappa shape index (κ3) is 3.33.